The molecule has 0 radical (unpaired) electrons. The number of benzene rings is 1. The van der Waals surface area contributed by atoms with Crippen LogP contribution in [0, 0.1) is 17.0 Å². The fourth-order valence-electron chi connectivity index (χ4n) is 2.07. The molecule has 1 unspecified atom stereocenters. The van der Waals surface area contributed by atoms with Gasteiger partial charge < -0.3 is 10.4 Å². The summed E-state index contributed by atoms with van der Waals surface area (Å²) in [7, 11) is 0. The number of hydrogen-bond donors (Lipinski definition) is 2. The van der Waals surface area contributed by atoms with Gasteiger partial charge in [-0.3, -0.25) is 4.79 Å². The van der Waals surface area contributed by atoms with Crippen molar-refractivity contribution in [2.75, 3.05) is 13.2 Å². The normalized spacial score (nSPS) is 13.0. The second-order valence-corrected chi connectivity index (χ2v) is 6.07. The summed E-state index contributed by atoms with van der Waals surface area (Å²) in [5.41, 5.74) is -0.390. The molecule has 0 saturated heterocycles. The maximum Gasteiger partial charge on any atom is 0.227 e. The Hall–Kier alpha value is -1.49. The van der Waals surface area contributed by atoms with Crippen LogP contribution < -0.4 is 5.32 Å². The number of amides is 1. The van der Waals surface area contributed by atoms with E-state index in [9.17, 15) is 13.6 Å². The zero-order valence-corrected chi connectivity index (χ0v) is 12.7. The Morgan fingerprint density at radius 3 is 2.43 bits per heavy atom. The third kappa shape index (κ3) is 5.08. The largest absolute Gasteiger partial charge is 0.396 e. The smallest absolute Gasteiger partial charge is 0.227 e. The summed E-state index contributed by atoms with van der Waals surface area (Å²) in [6.45, 7) is 5.85. The molecule has 3 nitrogen and oxygen atoms in total. The Morgan fingerprint density at radius 2 is 1.90 bits per heavy atom. The Bertz CT molecular complexity index is 469. The lowest BCUT2D eigenvalue weighted by Crippen LogP contribution is -2.30. The Labute approximate surface area is 124 Å². The topological polar surface area (TPSA) is 49.3 Å². The molecule has 5 heteroatoms. The minimum atomic E-state index is -0.878. The third-order valence-electron chi connectivity index (χ3n) is 3.58. The molecule has 0 spiro atoms. The molecule has 0 aliphatic heterocycles. The molecule has 2 N–H and O–H groups in total. The van der Waals surface area contributed by atoms with Gasteiger partial charge in [-0.25, -0.2) is 8.78 Å². The van der Waals surface area contributed by atoms with Crippen LogP contribution in [-0.2, 0) is 4.79 Å². The van der Waals surface area contributed by atoms with Crippen molar-refractivity contribution >= 4 is 5.91 Å². The summed E-state index contributed by atoms with van der Waals surface area (Å²) in [4.78, 5) is 11.9. The van der Waals surface area contributed by atoms with E-state index in [1.807, 2.05) is 13.8 Å². The highest BCUT2D eigenvalue weighted by Crippen LogP contribution is 2.23. The van der Waals surface area contributed by atoms with Crippen LogP contribution in [0.3, 0.4) is 0 Å². The number of carbonyl (C=O) groups excluding carboxylic acids is 1. The van der Waals surface area contributed by atoms with Gasteiger partial charge in [0.2, 0.25) is 5.91 Å². The van der Waals surface area contributed by atoms with Gasteiger partial charge in [-0.1, -0.05) is 19.9 Å². The van der Waals surface area contributed by atoms with Crippen LogP contribution in [0.5, 0.6) is 0 Å². The summed E-state index contributed by atoms with van der Waals surface area (Å²) in [6.07, 6.45) is 1.46. The molecule has 1 atom stereocenters. The second-order valence-electron chi connectivity index (χ2n) is 6.07. The molecule has 0 aliphatic carbocycles. The quantitative estimate of drug-likeness (QED) is 0.760. The van der Waals surface area contributed by atoms with Crippen LogP contribution in [0.2, 0.25) is 0 Å². The van der Waals surface area contributed by atoms with Crippen molar-refractivity contribution in [2.45, 2.75) is 39.5 Å². The molecular formula is C16H23F2NO2. The molecule has 0 heterocycles. The number of rotatable bonds is 7. The van der Waals surface area contributed by atoms with E-state index >= 15 is 0 Å². The van der Waals surface area contributed by atoms with Crippen molar-refractivity contribution in [1.29, 1.82) is 0 Å². The summed E-state index contributed by atoms with van der Waals surface area (Å²) in [5, 5.41) is 11.8. The maximum absolute atomic E-state index is 13.6. The van der Waals surface area contributed by atoms with Gasteiger partial charge in [-0.15, -0.1) is 0 Å². The number of carbonyl (C=O) groups is 1. The second kappa shape index (κ2) is 7.50. The summed E-state index contributed by atoms with van der Waals surface area (Å²) in [6, 6.07) is 3.56. The van der Waals surface area contributed by atoms with Gasteiger partial charge in [0.1, 0.15) is 11.6 Å². The fraction of sp³-hybridized carbons (Fsp3) is 0.562. The molecule has 0 fully saturated rings. The molecule has 1 amide bonds. The molecule has 118 valence electrons. The van der Waals surface area contributed by atoms with Crippen LogP contribution in [0.4, 0.5) is 8.78 Å². The molecule has 1 aromatic rings. The molecule has 0 bridgehead atoms. The van der Waals surface area contributed by atoms with Crippen LogP contribution in [0.15, 0.2) is 18.2 Å². The van der Waals surface area contributed by atoms with Crippen molar-refractivity contribution in [2.24, 2.45) is 5.41 Å². The van der Waals surface area contributed by atoms with Gasteiger partial charge in [0, 0.05) is 18.7 Å². The summed E-state index contributed by atoms with van der Waals surface area (Å²) >= 11 is 0. The van der Waals surface area contributed by atoms with Crippen LogP contribution in [-0.4, -0.2) is 24.2 Å². The van der Waals surface area contributed by atoms with E-state index in [-0.39, 0.29) is 17.6 Å². The first-order valence-electron chi connectivity index (χ1n) is 7.11. The van der Waals surface area contributed by atoms with E-state index in [0.717, 1.165) is 18.6 Å². The number of hydrogen-bond acceptors (Lipinski definition) is 2. The van der Waals surface area contributed by atoms with E-state index in [2.05, 4.69) is 5.32 Å². The van der Waals surface area contributed by atoms with Gasteiger partial charge >= 0.3 is 0 Å². The van der Waals surface area contributed by atoms with Gasteiger partial charge in [-0.05, 0) is 37.3 Å². The standard InChI is InChI=1S/C16H23F2NO2/c1-11(14-12(17)6-4-7-13(14)18)15(21)19-9-5-8-16(2,3)10-20/h4,6-7,11,20H,5,8-10H2,1-3H3,(H,19,21). The zero-order chi connectivity index (χ0) is 16.0. The van der Waals surface area contributed by atoms with Crippen molar-refractivity contribution in [3.8, 4) is 0 Å². The predicted molar refractivity (Wildman–Crippen MR) is 77.9 cm³/mol. The number of aliphatic hydroxyl groups is 1. The number of aliphatic hydroxyl groups excluding tert-OH is 1. The van der Waals surface area contributed by atoms with Gasteiger partial charge in [-0.2, -0.15) is 0 Å². The molecule has 21 heavy (non-hydrogen) atoms. The highest BCUT2D eigenvalue weighted by atomic mass is 19.1. The van der Waals surface area contributed by atoms with E-state index < -0.39 is 23.5 Å². The molecule has 1 aromatic carbocycles. The highest BCUT2D eigenvalue weighted by Gasteiger charge is 2.22. The monoisotopic (exact) mass is 299 g/mol. The predicted octanol–water partition coefficient (Wildman–Crippen LogP) is 2.98. The molecule has 0 saturated carbocycles. The van der Waals surface area contributed by atoms with Crippen molar-refractivity contribution < 1.29 is 18.7 Å². The van der Waals surface area contributed by atoms with E-state index in [0.29, 0.717) is 13.0 Å². The first-order chi connectivity index (χ1) is 9.78. The highest BCUT2D eigenvalue weighted by molar-refractivity contribution is 5.83. The lowest BCUT2D eigenvalue weighted by Gasteiger charge is -2.21. The summed E-state index contributed by atoms with van der Waals surface area (Å²) in [5.74, 6) is -2.70. The minimum Gasteiger partial charge on any atom is -0.396 e. The molecular weight excluding hydrogens is 276 g/mol. The first-order valence-corrected chi connectivity index (χ1v) is 7.11. The SMILES string of the molecule is CC(C(=O)NCCCC(C)(C)CO)c1c(F)cccc1F. The minimum absolute atomic E-state index is 0.0811. The van der Waals surface area contributed by atoms with Crippen LogP contribution in [0.25, 0.3) is 0 Å². The van der Waals surface area contributed by atoms with Gasteiger partial charge in [0.15, 0.2) is 0 Å². The first kappa shape index (κ1) is 17.6. The number of halogens is 2. The Balaban J connectivity index is 2.53. The van der Waals surface area contributed by atoms with Crippen molar-refractivity contribution in [1.82, 2.24) is 5.32 Å². The third-order valence-corrected chi connectivity index (χ3v) is 3.58. The number of nitrogens with one attached hydrogen (secondary N) is 1. The lowest BCUT2D eigenvalue weighted by atomic mass is 9.89. The average molecular weight is 299 g/mol. The average Bonchev–Trinajstić information content (AvgIpc) is 2.43. The Morgan fingerprint density at radius 1 is 1.33 bits per heavy atom. The zero-order valence-electron chi connectivity index (χ0n) is 12.7. The maximum atomic E-state index is 13.6. The van der Waals surface area contributed by atoms with E-state index in [4.69, 9.17) is 5.11 Å². The van der Waals surface area contributed by atoms with Gasteiger partial charge in [0.25, 0.3) is 0 Å². The fourth-order valence-corrected chi connectivity index (χ4v) is 2.07. The van der Waals surface area contributed by atoms with E-state index in [1.165, 1.54) is 13.0 Å². The summed E-state index contributed by atoms with van der Waals surface area (Å²) < 4.78 is 27.2. The van der Waals surface area contributed by atoms with Crippen LogP contribution in [0.1, 0.15) is 45.1 Å². The Kier molecular flexibility index (Phi) is 6.27. The molecule has 0 aromatic heterocycles. The van der Waals surface area contributed by atoms with Gasteiger partial charge in [0.05, 0.1) is 5.92 Å². The van der Waals surface area contributed by atoms with E-state index in [1.54, 1.807) is 0 Å². The van der Waals surface area contributed by atoms with Crippen LogP contribution >= 0.6 is 0 Å². The van der Waals surface area contributed by atoms with Crippen molar-refractivity contribution in [3.05, 3.63) is 35.4 Å². The lowest BCUT2D eigenvalue weighted by molar-refractivity contribution is -0.122. The van der Waals surface area contributed by atoms with Crippen molar-refractivity contribution in [3.63, 3.8) is 0 Å². The molecule has 0 aliphatic rings. The molecule has 1 rings (SSSR count).